The lowest BCUT2D eigenvalue weighted by Gasteiger charge is -2.06. The number of ether oxygens (including phenoxy) is 1. The van der Waals surface area contributed by atoms with Gasteiger partial charge in [0.15, 0.2) is 0 Å². The zero-order valence-corrected chi connectivity index (χ0v) is 10.8. The summed E-state index contributed by atoms with van der Waals surface area (Å²) in [4.78, 5) is 0. The molecule has 0 bridgehead atoms. The minimum absolute atomic E-state index is 0.396. The van der Waals surface area contributed by atoms with Crippen molar-refractivity contribution in [3.8, 4) is 0 Å². The third-order valence-electron chi connectivity index (χ3n) is 2.55. The fourth-order valence-electron chi connectivity index (χ4n) is 1.64. The maximum atomic E-state index is 5.79. The summed E-state index contributed by atoms with van der Waals surface area (Å²) in [5, 5.41) is 8.16. The zero-order valence-electron chi connectivity index (χ0n) is 10.1. The number of hydrogen-bond acceptors (Lipinski definition) is 3. The number of aryl methyl sites for hydroxylation is 1. The van der Waals surface area contributed by atoms with Crippen LogP contribution >= 0.6 is 11.6 Å². The normalized spacial score (nSPS) is 10.9. The van der Waals surface area contributed by atoms with Crippen molar-refractivity contribution in [1.29, 1.82) is 0 Å². The summed E-state index contributed by atoms with van der Waals surface area (Å²) < 4.78 is 7.05. The molecule has 0 spiro atoms. The van der Waals surface area contributed by atoms with Gasteiger partial charge in [-0.2, -0.15) is 0 Å². The van der Waals surface area contributed by atoms with E-state index in [0.29, 0.717) is 12.5 Å². The van der Waals surface area contributed by atoms with Crippen LogP contribution in [0.1, 0.15) is 44.0 Å². The number of hydrogen-bond donors (Lipinski definition) is 0. The van der Waals surface area contributed by atoms with E-state index < -0.39 is 0 Å². The number of nitrogens with zero attached hydrogens (tertiary/aromatic N) is 3. The van der Waals surface area contributed by atoms with E-state index in [2.05, 4.69) is 17.2 Å². The van der Waals surface area contributed by atoms with Crippen LogP contribution in [-0.4, -0.2) is 22.1 Å². The highest BCUT2D eigenvalue weighted by atomic mass is 35.5. The Morgan fingerprint density at radius 2 is 2.12 bits per heavy atom. The van der Waals surface area contributed by atoms with Gasteiger partial charge >= 0.3 is 0 Å². The molecule has 0 unspecified atom stereocenters. The van der Waals surface area contributed by atoms with Crippen molar-refractivity contribution in [1.82, 2.24) is 15.0 Å². The molecule has 0 aliphatic carbocycles. The predicted octanol–water partition coefficient (Wildman–Crippen LogP) is 2.74. The molecule has 1 rings (SSSR count). The van der Waals surface area contributed by atoms with Gasteiger partial charge in [0.25, 0.3) is 0 Å². The second-order valence-corrected chi connectivity index (χ2v) is 4.10. The van der Waals surface area contributed by atoms with Gasteiger partial charge in [-0.05, 0) is 6.42 Å². The fraction of sp³-hybridized carbons (Fsp3) is 0.818. The lowest BCUT2D eigenvalue weighted by molar-refractivity contribution is 0.175. The van der Waals surface area contributed by atoms with E-state index in [9.17, 15) is 0 Å². The lowest BCUT2D eigenvalue weighted by atomic mass is 10.2. The van der Waals surface area contributed by atoms with Crippen LogP contribution in [0.3, 0.4) is 0 Å². The average Bonchev–Trinajstić information content (AvgIpc) is 2.68. The first-order valence-corrected chi connectivity index (χ1v) is 6.33. The third kappa shape index (κ3) is 3.76. The van der Waals surface area contributed by atoms with E-state index in [0.717, 1.165) is 24.4 Å². The van der Waals surface area contributed by atoms with Gasteiger partial charge in [0.05, 0.1) is 18.2 Å². The first-order valence-electron chi connectivity index (χ1n) is 5.79. The second-order valence-electron chi connectivity index (χ2n) is 3.83. The number of rotatable bonds is 8. The molecule has 4 nitrogen and oxygen atoms in total. The number of alkyl halides is 1. The molecule has 5 heteroatoms. The Morgan fingerprint density at radius 3 is 2.75 bits per heavy atom. The molecule has 0 fully saturated rings. The molecule has 1 aromatic rings. The van der Waals surface area contributed by atoms with Crippen LogP contribution in [0, 0.1) is 0 Å². The van der Waals surface area contributed by atoms with E-state index >= 15 is 0 Å². The molecular weight excluding hydrogens is 226 g/mol. The smallest absolute Gasteiger partial charge is 0.103 e. The molecule has 92 valence electrons. The van der Waals surface area contributed by atoms with E-state index in [4.69, 9.17) is 16.3 Å². The highest BCUT2D eigenvalue weighted by Crippen LogP contribution is 2.11. The Bertz CT molecular complexity index is 301. The minimum atomic E-state index is 0.396. The first kappa shape index (κ1) is 13.5. The average molecular weight is 246 g/mol. The van der Waals surface area contributed by atoms with Crippen molar-refractivity contribution in [2.24, 2.45) is 0 Å². The van der Waals surface area contributed by atoms with Gasteiger partial charge < -0.3 is 4.74 Å². The van der Waals surface area contributed by atoms with Crippen molar-refractivity contribution < 1.29 is 4.74 Å². The molecule has 0 saturated heterocycles. The van der Waals surface area contributed by atoms with Crippen molar-refractivity contribution in [2.45, 2.75) is 51.6 Å². The minimum Gasteiger partial charge on any atom is -0.378 e. The van der Waals surface area contributed by atoms with Crippen LogP contribution in [0.5, 0.6) is 0 Å². The summed E-state index contributed by atoms with van der Waals surface area (Å²) >= 11 is 5.79. The molecule has 0 atom stereocenters. The molecule has 0 N–H and O–H groups in total. The van der Waals surface area contributed by atoms with Gasteiger partial charge in [0.2, 0.25) is 0 Å². The van der Waals surface area contributed by atoms with Crippen molar-refractivity contribution in [3.05, 3.63) is 11.4 Å². The van der Waals surface area contributed by atoms with Gasteiger partial charge in [0.1, 0.15) is 5.69 Å². The Morgan fingerprint density at radius 1 is 1.31 bits per heavy atom. The van der Waals surface area contributed by atoms with Gasteiger partial charge in [0, 0.05) is 13.7 Å². The number of halogens is 1. The molecule has 0 radical (unpaired) electrons. The van der Waals surface area contributed by atoms with E-state index in [1.807, 2.05) is 4.68 Å². The molecule has 0 aliphatic heterocycles. The standard InChI is InChI=1S/C11H20ClN3O/c1-3-4-5-6-7-15-11(9-16-2)10(8-12)13-14-15/h3-9H2,1-2H3. The summed E-state index contributed by atoms with van der Waals surface area (Å²) in [5.41, 5.74) is 1.84. The molecule has 0 aromatic carbocycles. The third-order valence-corrected chi connectivity index (χ3v) is 2.80. The quantitative estimate of drug-likeness (QED) is 0.522. The molecule has 0 aliphatic rings. The van der Waals surface area contributed by atoms with E-state index in [-0.39, 0.29) is 0 Å². The monoisotopic (exact) mass is 245 g/mol. The van der Waals surface area contributed by atoms with Crippen LogP contribution in [0.2, 0.25) is 0 Å². The molecule has 0 amide bonds. The Hall–Kier alpha value is -0.610. The molecule has 1 aromatic heterocycles. The van der Waals surface area contributed by atoms with Crippen molar-refractivity contribution >= 4 is 11.6 Å². The zero-order chi connectivity index (χ0) is 11.8. The first-order chi connectivity index (χ1) is 7.83. The number of methoxy groups -OCH3 is 1. The van der Waals surface area contributed by atoms with E-state index in [1.165, 1.54) is 19.3 Å². The molecule has 1 heterocycles. The summed E-state index contributed by atoms with van der Waals surface area (Å²) in [6.07, 6.45) is 4.89. The fourth-order valence-corrected chi connectivity index (χ4v) is 1.84. The summed E-state index contributed by atoms with van der Waals surface area (Å²) in [7, 11) is 1.67. The molecular formula is C11H20ClN3O. The van der Waals surface area contributed by atoms with Gasteiger partial charge in [-0.1, -0.05) is 31.4 Å². The van der Waals surface area contributed by atoms with Crippen LogP contribution < -0.4 is 0 Å². The molecule has 16 heavy (non-hydrogen) atoms. The lowest BCUT2D eigenvalue weighted by Crippen LogP contribution is -2.07. The highest BCUT2D eigenvalue weighted by molar-refractivity contribution is 6.16. The maximum Gasteiger partial charge on any atom is 0.103 e. The Balaban J connectivity index is 2.53. The Labute approximate surface area is 102 Å². The van der Waals surface area contributed by atoms with Gasteiger partial charge in [-0.15, -0.1) is 16.7 Å². The van der Waals surface area contributed by atoms with Gasteiger partial charge in [-0.25, -0.2) is 4.68 Å². The summed E-state index contributed by atoms with van der Waals surface area (Å²) in [6.45, 7) is 3.64. The highest BCUT2D eigenvalue weighted by Gasteiger charge is 2.11. The maximum absolute atomic E-state index is 5.79. The van der Waals surface area contributed by atoms with Crippen LogP contribution in [0.4, 0.5) is 0 Å². The van der Waals surface area contributed by atoms with E-state index in [1.54, 1.807) is 7.11 Å². The van der Waals surface area contributed by atoms with Crippen molar-refractivity contribution in [3.63, 3.8) is 0 Å². The summed E-state index contributed by atoms with van der Waals surface area (Å²) in [5.74, 6) is 0.396. The van der Waals surface area contributed by atoms with Crippen molar-refractivity contribution in [2.75, 3.05) is 7.11 Å². The topological polar surface area (TPSA) is 39.9 Å². The number of unbranched alkanes of at least 4 members (excludes halogenated alkanes) is 3. The van der Waals surface area contributed by atoms with Crippen LogP contribution in [0.15, 0.2) is 0 Å². The molecule has 0 saturated carbocycles. The van der Waals surface area contributed by atoms with Crippen LogP contribution in [0.25, 0.3) is 0 Å². The predicted molar refractivity (Wildman–Crippen MR) is 64.4 cm³/mol. The largest absolute Gasteiger partial charge is 0.378 e. The van der Waals surface area contributed by atoms with Gasteiger partial charge in [-0.3, -0.25) is 0 Å². The van der Waals surface area contributed by atoms with Crippen LogP contribution in [-0.2, 0) is 23.8 Å². The Kier molecular flexibility index (Phi) is 6.42. The SMILES string of the molecule is CCCCCCn1nnc(CCl)c1COC. The second kappa shape index (κ2) is 7.63. The number of aromatic nitrogens is 3. The summed E-state index contributed by atoms with van der Waals surface area (Å²) in [6, 6.07) is 0.